The number of piperazine rings is 1. The van der Waals surface area contributed by atoms with Crippen molar-refractivity contribution in [1.29, 1.82) is 0 Å². The maximum Gasteiger partial charge on any atom is 0.286 e. The van der Waals surface area contributed by atoms with Gasteiger partial charge in [0, 0.05) is 26.2 Å². The van der Waals surface area contributed by atoms with Crippen molar-refractivity contribution in [2.45, 2.75) is 6.92 Å². The van der Waals surface area contributed by atoms with Crippen LogP contribution in [-0.2, 0) is 4.79 Å². The van der Waals surface area contributed by atoms with Crippen LogP contribution >= 0.6 is 11.8 Å². The predicted molar refractivity (Wildman–Crippen MR) is 116 cm³/mol. The smallest absolute Gasteiger partial charge is 0.286 e. The van der Waals surface area contributed by atoms with Crippen molar-refractivity contribution in [3.63, 3.8) is 0 Å². The van der Waals surface area contributed by atoms with Crippen molar-refractivity contribution in [1.82, 2.24) is 4.90 Å². The number of nitrogens with zero attached hydrogens (tertiary/aromatic N) is 3. The monoisotopic (exact) mass is 411 g/mol. The summed E-state index contributed by atoms with van der Waals surface area (Å²) in [5, 5.41) is 0.728. The SMILES string of the molecule is COc1ccc(/C(C)=C2\SC(N3CCN(c4ccccc4F)CC3)=NC2=O)cc1. The molecule has 4 rings (SSSR count). The van der Waals surface area contributed by atoms with E-state index in [1.54, 1.807) is 19.2 Å². The van der Waals surface area contributed by atoms with Crippen LogP contribution in [0.1, 0.15) is 12.5 Å². The molecule has 2 aromatic carbocycles. The molecule has 0 radical (unpaired) electrons. The van der Waals surface area contributed by atoms with Gasteiger partial charge in [-0.25, -0.2) is 4.39 Å². The number of para-hydroxylation sites is 1. The Morgan fingerprint density at radius 3 is 2.34 bits per heavy atom. The van der Waals surface area contributed by atoms with Crippen LogP contribution in [0.25, 0.3) is 5.57 Å². The molecule has 0 bridgehead atoms. The van der Waals surface area contributed by atoms with E-state index in [0.29, 0.717) is 36.8 Å². The van der Waals surface area contributed by atoms with Crippen LogP contribution in [0.15, 0.2) is 58.4 Å². The summed E-state index contributed by atoms with van der Waals surface area (Å²) < 4.78 is 19.2. The Labute approximate surface area is 173 Å². The highest BCUT2D eigenvalue weighted by Crippen LogP contribution is 2.35. The zero-order valence-corrected chi connectivity index (χ0v) is 17.2. The van der Waals surface area contributed by atoms with Crippen LogP contribution in [0.4, 0.5) is 10.1 Å². The molecular formula is C22H22FN3O2S. The second-order valence-corrected chi connectivity index (χ2v) is 7.89. The summed E-state index contributed by atoms with van der Waals surface area (Å²) in [6.45, 7) is 4.71. The topological polar surface area (TPSA) is 45.1 Å². The van der Waals surface area contributed by atoms with Crippen molar-refractivity contribution >= 4 is 34.1 Å². The number of anilines is 1. The summed E-state index contributed by atoms with van der Waals surface area (Å²) in [6, 6.07) is 14.5. The van der Waals surface area contributed by atoms with Gasteiger partial charge in [-0.15, -0.1) is 0 Å². The van der Waals surface area contributed by atoms with E-state index in [2.05, 4.69) is 9.89 Å². The molecule has 0 atom stereocenters. The molecule has 2 aliphatic heterocycles. The zero-order valence-electron chi connectivity index (χ0n) is 16.4. The fourth-order valence-corrected chi connectivity index (χ4v) is 4.51. The molecule has 7 heteroatoms. The van der Waals surface area contributed by atoms with Crippen LogP contribution in [0, 0.1) is 5.82 Å². The van der Waals surface area contributed by atoms with Crippen LogP contribution in [0.2, 0.25) is 0 Å². The molecule has 29 heavy (non-hydrogen) atoms. The van der Waals surface area contributed by atoms with E-state index in [1.165, 1.54) is 17.8 Å². The average Bonchev–Trinajstić information content (AvgIpc) is 3.15. The van der Waals surface area contributed by atoms with E-state index in [9.17, 15) is 9.18 Å². The third-order valence-electron chi connectivity index (χ3n) is 5.19. The first-order valence-corrected chi connectivity index (χ1v) is 10.3. The van der Waals surface area contributed by atoms with Crippen molar-refractivity contribution in [3.05, 3.63) is 64.8 Å². The van der Waals surface area contributed by atoms with E-state index in [4.69, 9.17) is 4.74 Å². The number of thioether (sulfide) groups is 1. The molecular weight excluding hydrogens is 389 g/mol. The number of carbonyl (C=O) groups is 1. The van der Waals surface area contributed by atoms with Gasteiger partial charge in [0.15, 0.2) is 5.17 Å². The number of aliphatic imine (C=N–C) groups is 1. The van der Waals surface area contributed by atoms with Crippen molar-refractivity contribution in [3.8, 4) is 5.75 Å². The Bertz CT molecular complexity index is 980. The minimum Gasteiger partial charge on any atom is -0.497 e. The Balaban J connectivity index is 1.44. The van der Waals surface area contributed by atoms with Gasteiger partial charge in [-0.1, -0.05) is 24.3 Å². The lowest BCUT2D eigenvalue weighted by molar-refractivity contribution is -0.113. The molecule has 0 N–H and O–H groups in total. The number of benzene rings is 2. The van der Waals surface area contributed by atoms with E-state index in [0.717, 1.165) is 22.1 Å². The number of amides is 1. The Morgan fingerprint density at radius 1 is 1.03 bits per heavy atom. The minimum atomic E-state index is -0.205. The van der Waals surface area contributed by atoms with Gasteiger partial charge in [0.1, 0.15) is 11.6 Å². The van der Waals surface area contributed by atoms with Gasteiger partial charge < -0.3 is 14.5 Å². The number of halogens is 1. The highest BCUT2D eigenvalue weighted by atomic mass is 32.2. The first kappa shape index (κ1) is 19.5. The van der Waals surface area contributed by atoms with Crippen molar-refractivity contribution < 1.29 is 13.9 Å². The summed E-state index contributed by atoms with van der Waals surface area (Å²) in [7, 11) is 1.63. The Kier molecular flexibility index (Phi) is 5.58. The molecule has 2 aliphatic rings. The van der Waals surface area contributed by atoms with Gasteiger partial charge >= 0.3 is 0 Å². The summed E-state index contributed by atoms with van der Waals surface area (Å²) in [4.78, 5) is 21.6. The second kappa shape index (κ2) is 8.29. The molecule has 5 nitrogen and oxygen atoms in total. The molecule has 150 valence electrons. The van der Waals surface area contributed by atoms with E-state index >= 15 is 0 Å². The van der Waals surface area contributed by atoms with Crippen molar-refractivity contribution in [2.75, 3.05) is 38.2 Å². The van der Waals surface area contributed by atoms with Gasteiger partial charge in [0.05, 0.1) is 17.7 Å². The first-order chi connectivity index (χ1) is 14.1. The Hall–Kier alpha value is -2.80. The number of carbonyl (C=O) groups excluding carboxylic acids is 1. The molecule has 0 aromatic heterocycles. The van der Waals surface area contributed by atoms with Crippen LogP contribution in [0.5, 0.6) is 5.75 Å². The maximum atomic E-state index is 14.0. The number of hydrogen-bond acceptors (Lipinski definition) is 5. The number of hydrogen-bond donors (Lipinski definition) is 0. The van der Waals surface area contributed by atoms with Crippen molar-refractivity contribution in [2.24, 2.45) is 4.99 Å². The molecule has 1 amide bonds. The molecule has 0 saturated carbocycles. The Morgan fingerprint density at radius 2 is 1.69 bits per heavy atom. The predicted octanol–water partition coefficient (Wildman–Crippen LogP) is 4.02. The molecule has 1 fully saturated rings. The molecule has 0 spiro atoms. The number of rotatable bonds is 3. The third kappa shape index (κ3) is 4.00. The first-order valence-electron chi connectivity index (χ1n) is 9.47. The molecule has 0 aliphatic carbocycles. The van der Waals surface area contributed by atoms with Crippen LogP contribution in [0.3, 0.4) is 0 Å². The lowest BCUT2D eigenvalue weighted by Crippen LogP contribution is -2.48. The largest absolute Gasteiger partial charge is 0.497 e. The second-order valence-electron chi connectivity index (χ2n) is 6.91. The van der Waals surface area contributed by atoms with Crippen LogP contribution in [-0.4, -0.2) is 49.3 Å². The standard InChI is InChI=1S/C22H22FN3O2S/c1-15(16-7-9-17(28-2)10-8-16)20-21(27)24-22(29-20)26-13-11-25(12-14-26)19-6-4-3-5-18(19)23/h3-10H,11-14H2,1-2H3/b20-15-. The minimum absolute atomic E-state index is 0.199. The number of allylic oxidation sites excluding steroid dienone is 1. The van der Waals surface area contributed by atoms with Gasteiger partial charge in [0.2, 0.25) is 0 Å². The molecule has 2 aromatic rings. The number of amidine groups is 1. The quantitative estimate of drug-likeness (QED) is 0.714. The summed E-state index contributed by atoms with van der Waals surface area (Å²) in [5.41, 5.74) is 2.51. The summed E-state index contributed by atoms with van der Waals surface area (Å²) in [5.74, 6) is 0.375. The van der Waals surface area contributed by atoms with Gasteiger partial charge in [-0.2, -0.15) is 4.99 Å². The fraction of sp³-hybridized carbons (Fsp3) is 0.273. The highest BCUT2D eigenvalue weighted by Gasteiger charge is 2.30. The van der Waals surface area contributed by atoms with Gasteiger partial charge in [-0.3, -0.25) is 4.79 Å². The fourth-order valence-electron chi connectivity index (χ4n) is 3.49. The number of methoxy groups -OCH3 is 1. The summed E-state index contributed by atoms with van der Waals surface area (Å²) in [6.07, 6.45) is 0. The highest BCUT2D eigenvalue weighted by molar-refractivity contribution is 8.18. The maximum absolute atomic E-state index is 14.0. The van der Waals surface area contributed by atoms with E-state index < -0.39 is 0 Å². The lowest BCUT2D eigenvalue weighted by atomic mass is 10.1. The normalized spacial score (nSPS) is 18.7. The average molecular weight is 412 g/mol. The lowest BCUT2D eigenvalue weighted by Gasteiger charge is -2.36. The van der Waals surface area contributed by atoms with Gasteiger partial charge in [0.25, 0.3) is 5.91 Å². The molecule has 0 unspecified atom stereocenters. The van der Waals surface area contributed by atoms with E-state index in [-0.39, 0.29) is 11.7 Å². The zero-order chi connectivity index (χ0) is 20.4. The molecule has 1 saturated heterocycles. The third-order valence-corrected chi connectivity index (χ3v) is 6.41. The molecule has 2 heterocycles. The van der Waals surface area contributed by atoms with Gasteiger partial charge in [-0.05, 0) is 54.1 Å². The van der Waals surface area contributed by atoms with Crippen LogP contribution < -0.4 is 9.64 Å². The van der Waals surface area contributed by atoms with E-state index in [1.807, 2.05) is 42.2 Å². The summed E-state index contributed by atoms with van der Waals surface area (Å²) >= 11 is 1.42. The number of ether oxygens (including phenoxy) is 1.